The Balaban J connectivity index is 1.69. The minimum absolute atomic E-state index is 0.108. The molecule has 0 spiro atoms. The summed E-state index contributed by atoms with van der Waals surface area (Å²) in [5, 5.41) is 10.3. The number of anilines is 1. The number of nitrogens with one attached hydrogen (secondary N) is 3. The van der Waals surface area contributed by atoms with Gasteiger partial charge in [0.25, 0.3) is 5.56 Å². The van der Waals surface area contributed by atoms with Crippen molar-refractivity contribution in [3.8, 4) is 11.4 Å². The van der Waals surface area contributed by atoms with E-state index in [0.717, 1.165) is 40.2 Å². The number of rotatable bonds is 12. The second-order valence-electron chi connectivity index (χ2n) is 11.3. The molecule has 0 radical (unpaired) electrons. The second kappa shape index (κ2) is 15.3. The lowest BCUT2D eigenvalue weighted by molar-refractivity contribution is -0.129. The van der Waals surface area contributed by atoms with Crippen LogP contribution in [0, 0.1) is 17.5 Å². The molecule has 0 bridgehead atoms. The minimum Gasteiger partial charge on any atom is -0.338 e. The average molecular weight is 693 g/mol. The molecular formula is C35H35F3N6O4S. The summed E-state index contributed by atoms with van der Waals surface area (Å²) in [6.45, 7) is 4.21. The van der Waals surface area contributed by atoms with Gasteiger partial charge < -0.3 is 15.5 Å². The van der Waals surface area contributed by atoms with E-state index in [0.29, 0.717) is 29.9 Å². The summed E-state index contributed by atoms with van der Waals surface area (Å²) < 4.78 is 46.1. The first-order valence-corrected chi connectivity index (χ1v) is 16.5. The minimum atomic E-state index is -0.746. The summed E-state index contributed by atoms with van der Waals surface area (Å²) >= 11 is 1.12. The van der Waals surface area contributed by atoms with Gasteiger partial charge in [-0.3, -0.25) is 19.5 Å². The molecule has 1 unspecified atom stereocenters. The van der Waals surface area contributed by atoms with Crippen LogP contribution in [0.1, 0.15) is 37.3 Å². The quantitative estimate of drug-likeness (QED) is 0.149. The molecule has 3 N–H and O–H groups in total. The van der Waals surface area contributed by atoms with Gasteiger partial charge in [-0.1, -0.05) is 13.0 Å². The number of aromatic nitrogens is 2. The Morgan fingerprint density at radius 3 is 2.16 bits per heavy atom. The topological polar surface area (TPSA) is 117 Å². The predicted octanol–water partition coefficient (Wildman–Crippen LogP) is 5.50. The van der Waals surface area contributed by atoms with Gasteiger partial charge in [-0.25, -0.2) is 27.3 Å². The Labute approximate surface area is 283 Å². The number of hydrogen-bond donors (Lipinski definition) is 3. The van der Waals surface area contributed by atoms with Crippen molar-refractivity contribution in [2.75, 3.05) is 32.1 Å². The molecule has 3 aromatic carbocycles. The van der Waals surface area contributed by atoms with Crippen molar-refractivity contribution in [1.82, 2.24) is 24.7 Å². The smallest absolute Gasteiger partial charge is 0.338 e. The molecule has 3 amide bonds. The van der Waals surface area contributed by atoms with E-state index in [4.69, 9.17) is 0 Å². The molecule has 5 rings (SSSR count). The van der Waals surface area contributed by atoms with Gasteiger partial charge >= 0.3 is 11.7 Å². The molecular weight excluding hydrogens is 657 g/mol. The molecule has 10 nitrogen and oxygen atoms in total. The van der Waals surface area contributed by atoms with Gasteiger partial charge in [0.2, 0.25) is 5.91 Å². The number of benzene rings is 3. The third-order valence-corrected chi connectivity index (χ3v) is 9.01. The van der Waals surface area contributed by atoms with Crippen LogP contribution in [-0.4, -0.2) is 52.8 Å². The van der Waals surface area contributed by atoms with Gasteiger partial charge in [-0.05, 0) is 85.0 Å². The predicted molar refractivity (Wildman–Crippen MR) is 184 cm³/mol. The standard InChI is InChI=1S/C35H35F3N6O4S/c1-4-30(45)42(3)20-39-18-21(17-26-28(37)7-6-8-29(26)38)27-19-49-33-31(27)32(46)43(24-13-9-22(36)10-14-24)35(48)44(33)25-15-11-23(12-16-25)41-34(47)40-5-2/h6-16,19,21,39H,4-5,17-18,20H2,1-3H3,(H2,40,41,47). The Morgan fingerprint density at radius 1 is 0.898 bits per heavy atom. The molecule has 0 saturated heterocycles. The number of fused-ring (bicyclic) bond motifs is 1. The van der Waals surface area contributed by atoms with Crippen LogP contribution < -0.4 is 27.2 Å². The summed E-state index contributed by atoms with van der Waals surface area (Å²) in [7, 11) is 1.63. The lowest BCUT2D eigenvalue weighted by Gasteiger charge is -2.22. The van der Waals surface area contributed by atoms with E-state index in [1.165, 1.54) is 27.7 Å². The maximum Gasteiger partial charge on any atom is 0.341 e. The van der Waals surface area contributed by atoms with Crippen molar-refractivity contribution < 1.29 is 22.8 Å². The van der Waals surface area contributed by atoms with Gasteiger partial charge in [0.05, 0.1) is 23.4 Å². The summed E-state index contributed by atoms with van der Waals surface area (Å²) in [5.74, 6) is -2.85. The summed E-state index contributed by atoms with van der Waals surface area (Å²) in [5.41, 5.74) is -0.203. The lowest BCUT2D eigenvalue weighted by Crippen LogP contribution is -2.39. The zero-order valence-corrected chi connectivity index (χ0v) is 27.9. The van der Waals surface area contributed by atoms with E-state index in [1.54, 1.807) is 50.5 Å². The fraction of sp³-hybridized carbons (Fsp3) is 0.257. The van der Waals surface area contributed by atoms with Gasteiger partial charge in [0.1, 0.15) is 22.3 Å². The first kappa shape index (κ1) is 35.1. The van der Waals surface area contributed by atoms with Crippen molar-refractivity contribution in [2.45, 2.75) is 32.6 Å². The fourth-order valence-corrected chi connectivity index (χ4v) is 6.69. The average Bonchev–Trinajstić information content (AvgIpc) is 3.52. The van der Waals surface area contributed by atoms with Gasteiger partial charge in [-0.15, -0.1) is 11.3 Å². The van der Waals surface area contributed by atoms with Crippen LogP contribution >= 0.6 is 11.3 Å². The van der Waals surface area contributed by atoms with E-state index < -0.39 is 40.6 Å². The molecule has 0 aliphatic heterocycles. The van der Waals surface area contributed by atoms with Crippen molar-refractivity contribution >= 4 is 39.2 Å². The Hall–Kier alpha value is -5.21. The second-order valence-corrected chi connectivity index (χ2v) is 12.2. The largest absolute Gasteiger partial charge is 0.341 e. The highest BCUT2D eigenvalue weighted by molar-refractivity contribution is 7.17. The molecule has 0 aliphatic carbocycles. The number of nitrogens with zero attached hydrogens (tertiary/aromatic N) is 3. The van der Waals surface area contributed by atoms with E-state index in [-0.39, 0.29) is 47.0 Å². The van der Waals surface area contributed by atoms with Crippen molar-refractivity contribution in [1.29, 1.82) is 0 Å². The molecule has 5 aromatic rings. The first-order valence-electron chi connectivity index (χ1n) is 15.6. The summed E-state index contributed by atoms with van der Waals surface area (Å²) in [6.07, 6.45) is 0.152. The van der Waals surface area contributed by atoms with E-state index >= 15 is 0 Å². The zero-order chi connectivity index (χ0) is 35.2. The van der Waals surface area contributed by atoms with E-state index in [2.05, 4.69) is 16.0 Å². The number of halogens is 3. The lowest BCUT2D eigenvalue weighted by atomic mass is 9.91. The van der Waals surface area contributed by atoms with Crippen molar-refractivity contribution in [3.05, 3.63) is 122 Å². The van der Waals surface area contributed by atoms with Crippen LogP contribution in [0.15, 0.2) is 81.7 Å². The molecule has 0 saturated carbocycles. The van der Waals surface area contributed by atoms with Gasteiger partial charge in [0, 0.05) is 43.7 Å². The maximum absolute atomic E-state index is 15.0. The van der Waals surface area contributed by atoms with Crippen LogP contribution in [0.2, 0.25) is 0 Å². The number of hydrogen-bond acceptors (Lipinski definition) is 6. The Morgan fingerprint density at radius 2 is 1.53 bits per heavy atom. The third-order valence-electron chi connectivity index (χ3n) is 8.03. The SMILES string of the molecule is CCNC(=O)Nc1ccc(-n2c(=O)n(-c3ccc(F)cc3)c(=O)c3c(C(CNCN(C)C(=O)CC)Cc4c(F)cccc4F)csc32)cc1. The van der Waals surface area contributed by atoms with Gasteiger partial charge in [-0.2, -0.15) is 0 Å². The molecule has 14 heteroatoms. The monoisotopic (exact) mass is 692 g/mol. The third kappa shape index (κ3) is 7.60. The Bertz CT molecular complexity index is 2070. The highest BCUT2D eigenvalue weighted by Crippen LogP contribution is 2.33. The Kier molecular flexibility index (Phi) is 11.0. The summed E-state index contributed by atoms with van der Waals surface area (Å²) in [4.78, 5) is 54.5. The maximum atomic E-state index is 15.0. The molecule has 49 heavy (non-hydrogen) atoms. The van der Waals surface area contributed by atoms with Crippen LogP contribution in [0.3, 0.4) is 0 Å². The molecule has 0 aliphatic rings. The van der Waals surface area contributed by atoms with Crippen LogP contribution in [0.5, 0.6) is 0 Å². The number of carbonyl (C=O) groups is 2. The molecule has 0 fully saturated rings. The molecule has 256 valence electrons. The van der Waals surface area contributed by atoms with E-state index in [9.17, 15) is 32.3 Å². The number of amides is 3. The molecule has 1 atom stereocenters. The zero-order valence-electron chi connectivity index (χ0n) is 27.1. The number of carbonyl (C=O) groups excluding carboxylic acids is 2. The van der Waals surface area contributed by atoms with Crippen LogP contribution in [-0.2, 0) is 11.2 Å². The van der Waals surface area contributed by atoms with Crippen LogP contribution in [0.25, 0.3) is 21.6 Å². The fourth-order valence-electron chi connectivity index (χ4n) is 5.53. The highest BCUT2D eigenvalue weighted by atomic mass is 32.1. The molecule has 2 heterocycles. The molecule has 2 aromatic heterocycles. The van der Waals surface area contributed by atoms with Crippen LogP contribution in [0.4, 0.5) is 23.7 Å². The van der Waals surface area contributed by atoms with Gasteiger partial charge in [0.15, 0.2) is 0 Å². The van der Waals surface area contributed by atoms with Crippen molar-refractivity contribution in [2.24, 2.45) is 0 Å². The number of urea groups is 1. The highest BCUT2D eigenvalue weighted by Gasteiger charge is 2.26. The normalized spacial score (nSPS) is 11.8. The summed E-state index contributed by atoms with van der Waals surface area (Å²) in [6, 6.07) is 14.5. The van der Waals surface area contributed by atoms with Crippen molar-refractivity contribution in [3.63, 3.8) is 0 Å². The first-order chi connectivity index (χ1) is 23.5. The number of thiophene rings is 1. The van der Waals surface area contributed by atoms with E-state index in [1.807, 2.05) is 0 Å².